The minimum absolute atomic E-state index is 0.145. The van der Waals surface area contributed by atoms with Crippen LogP contribution in [0.5, 0.6) is 0 Å². The molecule has 0 aliphatic carbocycles. The van der Waals surface area contributed by atoms with Crippen molar-refractivity contribution in [1.29, 1.82) is 0 Å². The number of benzene rings is 1. The second kappa shape index (κ2) is 5.26. The molecule has 0 aromatic heterocycles. The van der Waals surface area contributed by atoms with Gasteiger partial charge < -0.3 is 14.7 Å². The number of carbonyl (C=O) groups is 2. The molecular formula is C19H18FNO4. The first kappa shape index (κ1) is 16.0. The van der Waals surface area contributed by atoms with Crippen LogP contribution in [0.25, 0.3) is 0 Å². The molecule has 5 nitrogen and oxygen atoms in total. The van der Waals surface area contributed by atoms with E-state index in [1.807, 2.05) is 6.92 Å². The van der Waals surface area contributed by atoms with Crippen LogP contribution < -0.4 is 4.90 Å². The molecular weight excluding hydrogens is 325 g/mol. The van der Waals surface area contributed by atoms with Crippen molar-refractivity contribution in [3.63, 3.8) is 0 Å². The van der Waals surface area contributed by atoms with E-state index in [1.165, 1.54) is 17.0 Å². The van der Waals surface area contributed by atoms with Gasteiger partial charge >= 0.3 is 5.97 Å². The lowest BCUT2D eigenvalue weighted by molar-refractivity contribution is -0.146. The summed E-state index contributed by atoms with van der Waals surface area (Å²) in [5.41, 5.74) is -0.0908. The van der Waals surface area contributed by atoms with Crippen molar-refractivity contribution in [2.24, 2.45) is 11.8 Å². The van der Waals surface area contributed by atoms with Crippen molar-refractivity contribution in [2.75, 3.05) is 4.90 Å². The Morgan fingerprint density at radius 3 is 2.80 bits per heavy atom. The van der Waals surface area contributed by atoms with Crippen molar-refractivity contribution in [3.8, 4) is 0 Å². The van der Waals surface area contributed by atoms with Crippen LogP contribution in [0.2, 0.25) is 0 Å². The molecule has 1 aromatic carbocycles. The van der Waals surface area contributed by atoms with Gasteiger partial charge in [-0.15, -0.1) is 6.58 Å². The summed E-state index contributed by atoms with van der Waals surface area (Å²) in [6, 6.07) is 5.49. The number of carbonyl (C=O) groups excluding carboxylic acids is 1. The Bertz CT molecular complexity index is 819. The number of carboxylic acids is 1. The number of anilines is 1. The van der Waals surface area contributed by atoms with Crippen LogP contribution in [-0.4, -0.2) is 34.7 Å². The Morgan fingerprint density at radius 2 is 2.16 bits per heavy atom. The minimum Gasteiger partial charge on any atom is -0.481 e. The molecule has 1 amide bonds. The first-order valence-corrected chi connectivity index (χ1v) is 8.19. The van der Waals surface area contributed by atoms with Gasteiger partial charge in [-0.2, -0.15) is 0 Å². The van der Waals surface area contributed by atoms with Crippen LogP contribution in [0.1, 0.15) is 13.3 Å². The van der Waals surface area contributed by atoms with Crippen molar-refractivity contribution in [3.05, 3.63) is 54.4 Å². The number of fused-ring (bicyclic) bond motifs is 1. The van der Waals surface area contributed by atoms with E-state index in [4.69, 9.17) is 4.74 Å². The Balaban J connectivity index is 1.87. The molecule has 2 saturated heterocycles. The third-order valence-corrected chi connectivity index (χ3v) is 5.36. The number of carboxylic acid groups (broad SMARTS) is 1. The highest BCUT2D eigenvalue weighted by molar-refractivity contribution is 6.03. The molecule has 25 heavy (non-hydrogen) atoms. The van der Waals surface area contributed by atoms with E-state index in [0.717, 1.165) is 5.57 Å². The molecule has 6 heteroatoms. The highest BCUT2D eigenvalue weighted by atomic mass is 19.1. The maximum absolute atomic E-state index is 14.4. The van der Waals surface area contributed by atoms with Gasteiger partial charge in [0.2, 0.25) is 5.91 Å². The van der Waals surface area contributed by atoms with E-state index in [1.54, 1.807) is 24.3 Å². The molecule has 3 aliphatic heterocycles. The number of ether oxygens (including phenoxy) is 1. The van der Waals surface area contributed by atoms with Gasteiger partial charge in [0.1, 0.15) is 17.3 Å². The van der Waals surface area contributed by atoms with E-state index in [2.05, 4.69) is 6.58 Å². The number of amides is 1. The molecule has 1 N–H and O–H groups in total. The lowest BCUT2D eigenvalue weighted by Crippen LogP contribution is -2.45. The molecule has 3 aliphatic rings. The predicted octanol–water partition coefficient (Wildman–Crippen LogP) is 2.53. The molecule has 0 unspecified atom stereocenters. The SMILES string of the molecule is C=C(C)C[C@@H]1N(c2ccccc2F)C(=O)[C@H]2[C@H](C(=O)O)[C@H]3C=C[C@@]12O3. The second-order valence-electron chi connectivity index (χ2n) is 6.97. The highest BCUT2D eigenvalue weighted by Gasteiger charge is 2.71. The van der Waals surface area contributed by atoms with Crippen molar-refractivity contribution in [2.45, 2.75) is 31.1 Å². The Labute approximate surface area is 144 Å². The Morgan fingerprint density at radius 1 is 1.44 bits per heavy atom. The molecule has 1 spiro atoms. The number of hydrogen-bond donors (Lipinski definition) is 1. The molecule has 130 valence electrons. The summed E-state index contributed by atoms with van der Waals surface area (Å²) in [6.07, 6.45) is 3.27. The fourth-order valence-electron chi connectivity index (χ4n) is 4.45. The summed E-state index contributed by atoms with van der Waals surface area (Å²) in [6.45, 7) is 5.74. The summed E-state index contributed by atoms with van der Waals surface area (Å²) in [7, 11) is 0. The monoisotopic (exact) mass is 343 g/mol. The van der Waals surface area contributed by atoms with Crippen molar-refractivity contribution >= 4 is 17.6 Å². The molecule has 0 saturated carbocycles. The van der Waals surface area contributed by atoms with E-state index in [-0.39, 0.29) is 5.69 Å². The van der Waals surface area contributed by atoms with Gasteiger partial charge in [0, 0.05) is 0 Å². The lowest BCUT2D eigenvalue weighted by Gasteiger charge is -2.33. The standard InChI is InChI=1S/C19H18FNO4/c1-10(2)9-14-19-8-7-13(25-19)15(18(23)24)16(19)17(22)21(14)12-6-4-3-5-11(12)20/h3-8,13-16H,1,9H2,2H3,(H,23,24)/t13-,14+,15-,16-,19-/m1/s1. The van der Waals surface area contributed by atoms with E-state index in [9.17, 15) is 19.1 Å². The van der Waals surface area contributed by atoms with Gasteiger partial charge in [-0.25, -0.2) is 4.39 Å². The van der Waals surface area contributed by atoms with Gasteiger partial charge in [-0.05, 0) is 25.5 Å². The zero-order valence-electron chi connectivity index (χ0n) is 13.7. The Hall–Kier alpha value is -2.47. The lowest BCUT2D eigenvalue weighted by atomic mass is 9.74. The van der Waals surface area contributed by atoms with E-state index in [0.29, 0.717) is 6.42 Å². The third-order valence-electron chi connectivity index (χ3n) is 5.36. The van der Waals surface area contributed by atoms with Gasteiger partial charge in [0.05, 0.1) is 23.8 Å². The molecule has 1 aromatic rings. The fraction of sp³-hybridized carbons (Fsp3) is 0.368. The first-order chi connectivity index (χ1) is 11.9. The summed E-state index contributed by atoms with van der Waals surface area (Å²) < 4.78 is 20.4. The van der Waals surface area contributed by atoms with Gasteiger partial charge in [0.15, 0.2) is 0 Å². The molecule has 0 radical (unpaired) electrons. The summed E-state index contributed by atoms with van der Waals surface area (Å²) in [5.74, 6) is -3.81. The van der Waals surface area contributed by atoms with Gasteiger partial charge in [-0.3, -0.25) is 9.59 Å². The van der Waals surface area contributed by atoms with Gasteiger partial charge in [0.25, 0.3) is 0 Å². The molecule has 3 heterocycles. The zero-order valence-corrected chi connectivity index (χ0v) is 13.7. The van der Waals surface area contributed by atoms with Crippen molar-refractivity contribution in [1.82, 2.24) is 0 Å². The van der Waals surface area contributed by atoms with Crippen LogP contribution in [0.3, 0.4) is 0 Å². The van der Waals surface area contributed by atoms with Crippen molar-refractivity contribution < 1.29 is 23.8 Å². The number of nitrogens with zero attached hydrogens (tertiary/aromatic N) is 1. The number of hydrogen-bond acceptors (Lipinski definition) is 3. The maximum atomic E-state index is 14.4. The molecule has 5 atom stereocenters. The molecule has 2 fully saturated rings. The first-order valence-electron chi connectivity index (χ1n) is 8.19. The number of para-hydroxylation sites is 1. The fourth-order valence-corrected chi connectivity index (χ4v) is 4.45. The second-order valence-corrected chi connectivity index (χ2v) is 6.97. The Kier molecular flexibility index (Phi) is 3.37. The highest BCUT2D eigenvalue weighted by Crippen LogP contribution is 2.56. The number of aliphatic carboxylic acids is 1. The third kappa shape index (κ3) is 2.03. The number of halogens is 1. The van der Waals surface area contributed by atoms with E-state index >= 15 is 0 Å². The quantitative estimate of drug-likeness (QED) is 0.853. The summed E-state index contributed by atoms with van der Waals surface area (Å²) in [5, 5.41) is 9.60. The maximum Gasteiger partial charge on any atom is 0.310 e. The zero-order chi connectivity index (χ0) is 17.9. The predicted molar refractivity (Wildman–Crippen MR) is 88.5 cm³/mol. The average Bonchev–Trinajstić information content (AvgIpc) is 3.18. The van der Waals surface area contributed by atoms with Crippen LogP contribution in [0, 0.1) is 17.7 Å². The van der Waals surface area contributed by atoms with Crippen LogP contribution in [0.15, 0.2) is 48.6 Å². The van der Waals surface area contributed by atoms with Gasteiger partial charge in [-0.1, -0.05) is 29.9 Å². The average molecular weight is 343 g/mol. The van der Waals surface area contributed by atoms with Crippen LogP contribution >= 0.6 is 0 Å². The summed E-state index contributed by atoms with van der Waals surface area (Å²) >= 11 is 0. The van der Waals surface area contributed by atoms with E-state index < -0.39 is 47.3 Å². The largest absolute Gasteiger partial charge is 0.481 e. The number of rotatable bonds is 4. The molecule has 4 rings (SSSR count). The minimum atomic E-state index is -1.07. The topological polar surface area (TPSA) is 66.8 Å². The summed E-state index contributed by atoms with van der Waals surface area (Å²) in [4.78, 5) is 26.3. The van der Waals surface area contributed by atoms with Crippen LogP contribution in [-0.2, 0) is 14.3 Å². The molecule has 2 bridgehead atoms. The normalized spacial score (nSPS) is 35.3. The smallest absolute Gasteiger partial charge is 0.310 e. The van der Waals surface area contributed by atoms with Crippen LogP contribution in [0.4, 0.5) is 10.1 Å².